The van der Waals surface area contributed by atoms with E-state index in [1.165, 1.54) is 16.7 Å². The van der Waals surface area contributed by atoms with E-state index in [1.807, 2.05) is 12.1 Å². The molecule has 1 aliphatic rings. The van der Waals surface area contributed by atoms with Crippen LogP contribution in [0.25, 0.3) is 0 Å². The van der Waals surface area contributed by atoms with E-state index in [-0.39, 0.29) is 5.82 Å². The van der Waals surface area contributed by atoms with Crippen LogP contribution in [0.15, 0.2) is 48.5 Å². The van der Waals surface area contributed by atoms with Crippen molar-refractivity contribution in [3.05, 3.63) is 71.0 Å². The summed E-state index contributed by atoms with van der Waals surface area (Å²) in [6.07, 6.45) is 2.28. The summed E-state index contributed by atoms with van der Waals surface area (Å²) in [7, 11) is 0. The van der Waals surface area contributed by atoms with E-state index in [2.05, 4.69) is 43.4 Å². The summed E-state index contributed by atoms with van der Waals surface area (Å²) in [5, 5.41) is 3.71. The number of benzene rings is 2. The Kier molecular flexibility index (Phi) is 4.07. The molecule has 1 aliphatic carbocycles. The molecule has 0 amide bonds. The Morgan fingerprint density at radius 3 is 2.38 bits per heavy atom. The summed E-state index contributed by atoms with van der Waals surface area (Å²) in [6.45, 7) is 4.39. The number of nitrogens with one attached hydrogen (secondary N) is 1. The van der Waals surface area contributed by atoms with Gasteiger partial charge in [-0.1, -0.05) is 36.4 Å². The molecule has 1 saturated carbocycles. The lowest BCUT2D eigenvalue weighted by Crippen LogP contribution is -2.41. The lowest BCUT2D eigenvalue weighted by molar-refractivity contribution is 0.270. The maximum Gasteiger partial charge on any atom is 0.123 e. The van der Waals surface area contributed by atoms with Crippen LogP contribution in [0, 0.1) is 12.7 Å². The predicted molar refractivity (Wildman–Crippen MR) is 84.9 cm³/mol. The lowest BCUT2D eigenvalue weighted by atomic mass is 9.75. The molecule has 0 spiro atoms. The molecule has 2 heteroatoms. The highest BCUT2D eigenvalue weighted by molar-refractivity contribution is 5.29. The molecule has 110 valence electrons. The highest BCUT2D eigenvalue weighted by Crippen LogP contribution is 2.38. The average molecular weight is 283 g/mol. The second kappa shape index (κ2) is 5.98. The van der Waals surface area contributed by atoms with Crippen LogP contribution in [0.1, 0.15) is 48.4 Å². The molecule has 0 aromatic heterocycles. The van der Waals surface area contributed by atoms with Crippen LogP contribution in [0.2, 0.25) is 0 Å². The molecule has 21 heavy (non-hydrogen) atoms. The summed E-state index contributed by atoms with van der Waals surface area (Å²) in [5.41, 5.74) is 3.98. The van der Waals surface area contributed by atoms with Gasteiger partial charge in [0.25, 0.3) is 0 Å². The molecule has 1 nitrogen and oxygen atoms in total. The number of hydrogen-bond donors (Lipinski definition) is 1. The molecule has 0 bridgehead atoms. The zero-order valence-electron chi connectivity index (χ0n) is 12.6. The van der Waals surface area contributed by atoms with Crippen molar-refractivity contribution in [2.75, 3.05) is 0 Å². The van der Waals surface area contributed by atoms with Gasteiger partial charge in [0, 0.05) is 12.1 Å². The van der Waals surface area contributed by atoms with Crippen LogP contribution < -0.4 is 5.32 Å². The van der Waals surface area contributed by atoms with Gasteiger partial charge in [-0.3, -0.25) is 0 Å². The maximum atomic E-state index is 12.9. The van der Waals surface area contributed by atoms with E-state index in [0.29, 0.717) is 18.0 Å². The number of halogens is 1. The van der Waals surface area contributed by atoms with Crippen molar-refractivity contribution in [3.63, 3.8) is 0 Å². The average Bonchev–Trinajstić information content (AvgIpc) is 2.44. The first-order chi connectivity index (χ1) is 10.1. The van der Waals surface area contributed by atoms with Crippen molar-refractivity contribution in [3.8, 4) is 0 Å². The molecule has 0 radical (unpaired) electrons. The predicted octanol–water partition coefficient (Wildman–Crippen LogP) is 4.73. The third-order valence-electron chi connectivity index (χ3n) is 4.62. The Balaban J connectivity index is 1.55. The fourth-order valence-electron chi connectivity index (χ4n) is 3.28. The second-order valence-electron chi connectivity index (χ2n) is 6.16. The summed E-state index contributed by atoms with van der Waals surface area (Å²) < 4.78 is 12.9. The van der Waals surface area contributed by atoms with Crippen LogP contribution in [-0.4, -0.2) is 6.04 Å². The van der Waals surface area contributed by atoms with Crippen molar-refractivity contribution < 1.29 is 4.39 Å². The molecule has 1 fully saturated rings. The minimum atomic E-state index is -0.152. The van der Waals surface area contributed by atoms with Gasteiger partial charge in [0.05, 0.1) is 0 Å². The first-order valence-corrected chi connectivity index (χ1v) is 7.70. The summed E-state index contributed by atoms with van der Waals surface area (Å²) >= 11 is 0. The Labute approximate surface area is 126 Å². The first kappa shape index (κ1) is 14.3. The van der Waals surface area contributed by atoms with Gasteiger partial charge in [-0.05, 0) is 61.4 Å². The Morgan fingerprint density at radius 1 is 1.05 bits per heavy atom. The molecule has 0 saturated heterocycles. The van der Waals surface area contributed by atoms with E-state index in [0.717, 1.165) is 12.8 Å². The lowest BCUT2D eigenvalue weighted by Gasteiger charge is -2.38. The van der Waals surface area contributed by atoms with Gasteiger partial charge in [-0.15, -0.1) is 0 Å². The first-order valence-electron chi connectivity index (χ1n) is 7.70. The van der Waals surface area contributed by atoms with Crippen molar-refractivity contribution in [1.82, 2.24) is 5.32 Å². The van der Waals surface area contributed by atoms with E-state index in [1.54, 1.807) is 12.1 Å². The van der Waals surface area contributed by atoms with Crippen molar-refractivity contribution in [2.24, 2.45) is 0 Å². The maximum absolute atomic E-state index is 12.9. The van der Waals surface area contributed by atoms with Gasteiger partial charge < -0.3 is 5.32 Å². The van der Waals surface area contributed by atoms with Gasteiger partial charge in [-0.2, -0.15) is 0 Å². The molecule has 0 heterocycles. The molecule has 2 aromatic carbocycles. The van der Waals surface area contributed by atoms with Gasteiger partial charge >= 0.3 is 0 Å². The normalized spacial score (nSPS) is 22.6. The van der Waals surface area contributed by atoms with Crippen molar-refractivity contribution in [2.45, 2.75) is 44.7 Å². The van der Waals surface area contributed by atoms with Gasteiger partial charge in [-0.25, -0.2) is 4.39 Å². The van der Waals surface area contributed by atoms with Gasteiger partial charge in [0.1, 0.15) is 5.82 Å². The van der Waals surface area contributed by atoms with E-state index >= 15 is 0 Å². The third-order valence-corrected chi connectivity index (χ3v) is 4.62. The highest BCUT2D eigenvalue weighted by atomic mass is 19.1. The minimum absolute atomic E-state index is 0.152. The molecular weight excluding hydrogens is 261 g/mol. The number of aryl methyl sites for hydroxylation is 1. The smallest absolute Gasteiger partial charge is 0.123 e. The molecular formula is C19H22FN. The standard InChI is InChI=1S/C19H22FN/c1-13-5-3-4-6-19(13)14(2)21-18-11-16(12-18)15-7-9-17(20)10-8-15/h3-10,14,16,18,21H,11-12H2,1-2H3/t14-,16?,18?/m1/s1. The molecule has 2 aromatic rings. The highest BCUT2D eigenvalue weighted by Gasteiger charge is 2.31. The fourth-order valence-corrected chi connectivity index (χ4v) is 3.28. The minimum Gasteiger partial charge on any atom is -0.307 e. The summed E-state index contributed by atoms with van der Waals surface area (Å²) in [4.78, 5) is 0. The molecule has 1 atom stereocenters. The Bertz CT molecular complexity index is 599. The van der Waals surface area contributed by atoms with E-state index in [4.69, 9.17) is 0 Å². The van der Waals surface area contributed by atoms with E-state index < -0.39 is 0 Å². The Morgan fingerprint density at radius 2 is 1.71 bits per heavy atom. The van der Waals surface area contributed by atoms with Gasteiger partial charge in [0.15, 0.2) is 0 Å². The van der Waals surface area contributed by atoms with Crippen LogP contribution in [0.5, 0.6) is 0 Å². The zero-order chi connectivity index (χ0) is 14.8. The van der Waals surface area contributed by atoms with Crippen LogP contribution in [-0.2, 0) is 0 Å². The fraction of sp³-hybridized carbons (Fsp3) is 0.368. The second-order valence-corrected chi connectivity index (χ2v) is 6.16. The Hall–Kier alpha value is -1.67. The van der Waals surface area contributed by atoms with Crippen molar-refractivity contribution in [1.29, 1.82) is 0 Å². The van der Waals surface area contributed by atoms with Gasteiger partial charge in [0.2, 0.25) is 0 Å². The van der Waals surface area contributed by atoms with Crippen LogP contribution >= 0.6 is 0 Å². The quantitative estimate of drug-likeness (QED) is 0.855. The summed E-state index contributed by atoms with van der Waals surface area (Å²) in [5.74, 6) is 0.424. The molecule has 0 aliphatic heterocycles. The van der Waals surface area contributed by atoms with Crippen LogP contribution in [0.3, 0.4) is 0 Å². The number of hydrogen-bond acceptors (Lipinski definition) is 1. The van der Waals surface area contributed by atoms with Crippen molar-refractivity contribution >= 4 is 0 Å². The third kappa shape index (κ3) is 3.16. The SMILES string of the molecule is Cc1ccccc1[C@@H](C)NC1CC(c2ccc(F)cc2)C1. The topological polar surface area (TPSA) is 12.0 Å². The summed E-state index contributed by atoms with van der Waals surface area (Å²) in [6, 6.07) is 16.4. The zero-order valence-corrected chi connectivity index (χ0v) is 12.6. The largest absolute Gasteiger partial charge is 0.307 e. The van der Waals surface area contributed by atoms with E-state index in [9.17, 15) is 4.39 Å². The monoisotopic (exact) mass is 283 g/mol. The van der Waals surface area contributed by atoms with Crippen LogP contribution in [0.4, 0.5) is 4.39 Å². The molecule has 0 unspecified atom stereocenters. The molecule has 3 rings (SSSR count). The molecule has 1 N–H and O–H groups in total. The number of rotatable bonds is 4.